The lowest BCUT2D eigenvalue weighted by Crippen LogP contribution is -2.14. The Bertz CT molecular complexity index is 851. The maximum atomic E-state index is 14.2. The fourth-order valence-electron chi connectivity index (χ4n) is 3.68. The highest BCUT2D eigenvalue weighted by Crippen LogP contribution is 2.40. The molecular formula is C18H22FN3OS2. The Morgan fingerprint density at radius 1 is 1.20 bits per heavy atom. The molecule has 134 valence electrons. The smallest absolute Gasteiger partial charge is 0.141 e. The number of fused-ring (bicyclic) bond motifs is 2. The fourth-order valence-corrected chi connectivity index (χ4v) is 5.88. The molecule has 0 aliphatic heterocycles. The standard InChI is InChI=1S/C18H22FN3OS2/c1-18(2,23)17-12(19)9-15(24-17)25(20)22-16-10-5-3-7-13(10)21-14-8-4-6-11(14)16/h9,23H,3-8H2,1-2H3,(H2,20,21,22). The van der Waals surface area contributed by atoms with Crippen molar-refractivity contribution in [1.82, 2.24) is 4.98 Å². The fraction of sp³-hybridized carbons (Fsp3) is 0.500. The van der Waals surface area contributed by atoms with E-state index in [4.69, 9.17) is 14.5 Å². The molecule has 25 heavy (non-hydrogen) atoms. The van der Waals surface area contributed by atoms with Gasteiger partial charge in [0.05, 0.1) is 20.4 Å². The zero-order valence-electron chi connectivity index (χ0n) is 14.4. The third kappa shape index (κ3) is 3.07. The molecule has 0 aromatic carbocycles. The number of hydrogen-bond donors (Lipinski definition) is 2. The molecule has 0 saturated heterocycles. The summed E-state index contributed by atoms with van der Waals surface area (Å²) in [5, 5.41) is 16.4. The van der Waals surface area contributed by atoms with Crippen LogP contribution in [0.5, 0.6) is 0 Å². The summed E-state index contributed by atoms with van der Waals surface area (Å²) in [5.74, 6) is -0.407. The van der Waals surface area contributed by atoms with Gasteiger partial charge < -0.3 is 5.11 Å². The first kappa shape index (κ1) is 17.3. The van der Waals surface area contributed by atoms with Gasteiger partial charge >= 0.3 is 0 Å². The van der Waals surface area contributed by atoms with Gasteiger partial charge in [-0.15, -0.1) is 11.3 Å². The molecule has 2 aromatic rings. The van der Waals surface area contributed by atoms with Crippen LogP contribution in [0.4, 0.5) is 10.1 Å². The summed E-state index contributed by atoms with van der Waals surface area (Å²) in [7, 11) is -0.929. The van der Waals surface area contributed by atoms with Gasteiger partial charge in [0, 0.05) is 39.5 Å². The van der Waals surface area contributed by atoms with Crippen LogP contribution in [0.1, 0.15) is 54.1 Å². The average molecular weight is 380 g/mol. The number of hydrogen-bond acceptors (Lipinski definition) is 4. The van der Waals surface area contributed by atoms with Gasteiger partial charge in [-0.3, -0.25) is 10.1 Å². The van der Waals surface area contributed by atoms with E-state index in [0.717, 1.165) is 44.2 Å². The number of aromatic nitrogens is 1. The second-order valence-corrected chi connectivity index (χ2v) is 9.79. The van der Waals surface area contributed by atoms with Gasteiger partial charge in [0.15, 0.2) is 0 Å². The van der Waals surface area contributed by atoms with E-state index in [1.54, 1.807) is 13.8 Å². The van der Waals surface area contributed by atoms with E-state index in [2.05, 4.69) is 0 Å². The lowest BCUT2D eigenvalue weighted by Gasteiger charge is -2.14. The first-order chi connectivity index (χ1) is 11.8. The monoisotopic (exact) mass is 379 g/mol. The minimum Gasteiger partial charge on any atom is -0.385 e. The number of aryl methyl sites for hydroxylation is 2. The zero-order chi connectivity index (χ0) is 17.8. The van der Waals surface area contributed by atoms with Crippen molar-refractivity contribution in [3.8, 4) is 0 Å². The quantitative estimate of drug-likeness (QED) is 0.851. The van der Waals surface area contributed by atoms with Crippen LogP contribution < -0.4 is 5.14 Å². The molecular weight excluding hydrogens is 357 g/mol. The lowest BCUT2D eigenvalue weighted by atomic mass is 10.1. The largest absolute Gasteiger partial charge is 0.385 e. The maximum Gasteiger partial charge on any atom is 0.141 e. The van der Waals surface area contributed by atoms with Crippen molar-refractivity contribution in [3.63, 3.8) is 0 Å². The number of pyridine rings is 1. The molecule has 0 saturated carbocycles. The predicted octanol–water partition coefficient (Wildman–Crippen LogP) is 3.85. The molecule has 2 aromatic heterocycles. The molecule has 2 aliphatic rings. The average Bonchev–Trinajstić information content (AvgIpc) is 3.23. The van der Waals surface area contributed by atoms with Crippen molar-refractivity contribution < 1.29 is 9.50 Å². The lowest BCUT2D eigenvalue weighted by molar-refractivity contribution is 0.0789. The van der Waals surface area contributed by atoms with Gasteiger partial charge in [-0.05, 0) is 52.4 Å². The Kier molecular flexibility index (Phi) is 4.30. The maximum absolute atomic E-state index is 14.2. The van der Waals surface area contributed by atoms with Gasteiger partial charge in [0.1, 0.15) is 5.82 Å². The molecule has 2 aliphatic carbocycles. The second-order valence-electron chi connectivity index (χ2n) is 7.23. The van der Waals surface area contributed by atoms with Crippen LogP contribution in [0.2, 0.25) is 0 Å². The number of halogens is 1. The van der Waals surface area contributed by atoms with E-state index in [1.807, 2.05) is 0 Å². The minimum absolute atomic E-state index is 0.311. The van der Waals surface area contributed by atoms with Crippen LogP contribution in [-0.2, 0) is 42.2 Å². The molecule has 2 heterocycles. The van der Waals surface area contributed by atoms with Crippen molar-refractivity contribution >= 4 is 27.9 Å². The molecule has 0 spiro atoms. The molecule has 4 nitrogen and oxygen atoms in total. The van der Waals surface area contributed by atoms with Gasteiger partial charge in [-0.25, -0.2) is 8.75 Å². The molecule has 1 atom stereocenters. The van der Waals surface area contributed by atoms with Gasteiger partial charge in [0.2, 0.25) is 0 Å². The summed E-state index contributed by atoms with van der Waals surface area (Å²) in [6.45, 7) is 3.17. The Balaban J connectivity index is 1.80. The van der Waals surface area contributed by atoms with Gasteiger partial charge in [-0.1, -0.05) is 0 Å². The second kappa shape index (κ2) is 6.23. The van der Waals surface area contributed by atoms with Crippen LogP contribution in [0.15, 0.2) is 14.6 Å². The Morgan fingerprint density at radius 3 is 2.32 bits per heavy atom. The van der Waals surface area contributed by atoms with E-state index >= 15 is 0 Å². The van der Waals surface area contributed by atoms with Crippen molar-refractivity contribution in [2.75, 3.05) is 0 Å². The highest BCUT2D eigenvalue weighted by Gasteiger charge is 2.27. The summed E-state index contributed by atoms with van der Waals surface area (Å²) in [4.78, 5) is 5.15. The molecule has 7 heteroatoms. The third-order valence-electron chi connectivity index (χ3n) is 4.83. The summed E-state index contributed by atoms with van der Waals surface area (Å²) in [6.07, 6.45) is 6.25. The zero-order valence-corrected chi connectivity index (χ0v) is 16.1. The van der Waals surface area contributed by atoms with Crippen LogP contribution in [0.3, 0.4) is 0 Å². The summed E-state index contributed by atoms with van der Waals surface area (Å²) >= 11 is 1.21. The number of nitrogens with two attached hydrogens (primary N) is 1. The highest BCUT2D eigenvalue weighted by atomic mass is 32.2. The Hall–Kier alpha value is -1.15. The number of aliphatic hydroxyl groups is 1. The Morgan fingerprint density at radius 2 is 1.80 bits per heavy atom. The summed E-state index contributed by atoms with van der Waals surface area (Å²) < 4.78 is 19.7. The summed E-state index contributed by atoms with van der Waals surface area (Å²) in [5.41, 5.74) is 4.62. The third-order valence-corrected chi connectivity index (χ3v) is 7.72. The van der Waals surface area contributed by atoms with E-state index in [9.17, 15) is 9.50 Å². The van der Waals surface area contributed by atoms with Crippen molar-refractivity contribution in [2.45, 2.75) is 62.2 Å². The molecule has 4 rings (SSSR count). The predicted molar refractivity (Wildman–Crippen MR) is 99.7 cm³/mol. The molecule has 0 bridgehead atoms. The molecule has 0 fully saturated rings. The van der Waals surface area contributed by atoms with E-state index in [1.165, 1.54) is 39.9 Å². The van der Waals surface area contributed by atoms with Crippen molar-refractivity contribution in [1.29, 1.82) is 0 Å². The van der Waals surface area contributed by atoms with E-state index < -0.39 is 22.3 Å². The van der Waals surface area contributed by atoms with Crippen molar-refractivity contribution in [3.05, 3.63) is 39.3 Å². The SMILES string of the molecule is CC(C)(O)c1sc(S(N)=Nc2c3c(nc4c2CCC4)CCC3)cc1F. The molecule has 3 N–H and O–H groups in total. The Labute approximate surface area is 153 Å². The topological polar surface area (TPSA) is 71.5 Å². The molecule has 1 unspecified atom stereocenters. The normalized spacial score (nSPS) is 17.8. The van der Waals surface area contributed by atoms with Crippen LogP contribution in [0, 0.1) is 5.82 Å². The number of nitrogens with zero attached hydrogens (tertiary/aromatic N) is 2. The van der Waals surface area contributed by atoms with Gasteiger partial charge in [0.25, 0.3) is 0 Å². The molecule has 0 amide bonds. The highest BCUT2D eigenvalue weighted by molar-refractivity contribution is 7.87. The van der Waals surface area contributed by atoms with Crippen LogP contribution >= 0.6 is 11.3 Å². The van der Waals surface area contributed by atoms with Crippen molar-refractivity contribution in [2.24, 2.45) is 9.50 Å². The first-order valence-electron chi connectivity index (χ1n) is 8.61. The number of rotatable bonds is 3. The number of thiophene rings is 1. The minimum atomic E-state index is -1.21. The van der Waals surface area contributed by atoms with Gasteiger partial charge in [-0.2, -0.15) is 0 Å². The molecule has 0 radical (unpaired) electrons. The van der Waals surface area contributed by atoms with Crippen LogP contribution in [-0.4, -0.2) is 10.1 Å². The van der Waals surface area contributed by atoms with E-state index in [-0.39, 0.29) is 0 Å². The first-order valence-corrected chi connectivity index (χ1v) is 10.7. The van der Waals surface area contributed by atoms with Crippen LogP contribution in [0.25, 0.3) is 0 Å². The van der Waals surface area contributed by atoms with E-state index in [0.29, 0.717) is 9.09 Å². The summed E-state index contributed by atoms with van der Waals surface area (Å²) in [6, 6.07) is 1.42.